The van der Waals surface area contributed by atoms with Gasteiger partial charge in [0.2, 0.25) is 0 Å². The van der Waals surface area contributed by atoms with E-state index in [2.05, 4.69) is 9.72 Å². The van der Waals surface area contributed by atoms with Crippen LogP contribution in [0.5, 0.6) is 0 Å². The van der Waals surface area contributed by atoms with Crippen molar-refractivity contribution in [2.24, 2.45) is 0 Å². The van der Waals surface area contributed by atoms with E-state index in [0.29, 0.717) is 16.7 Å². The van der Waals surface area contributed by atoms with Crippen LogP contribution in [0.15, 0.2) is 48.8 Å². The number of aromatic nitrogens is 1. The minimum Gasteiger partial charge on any atom is -0.465 e. The lowest BCUT2D eigenvalue weighted by molar-refractivity contribution is 0.0600. The quantitative estimate of drug-likeness (QED) is 0.690. The maximum Gasteiger partial charge on any atom is 0.337 e. The summed E-state index contributed by atoms with van der Waals surface area (Å²) in [5.74, 6) is -0.445. The molecule has 0 saturated heterocycles. The van der Waals surface area contributed by atoms with E-state index < -0.39 is 22.3 Å². The third-order valence-electron chi connectivity index (χ3n) is 2.82. The number of hydrogen-bond acceptors (Lipinski definition) is 4. The molecule has 0 radical (unpaired) electrons. The van der Waals surface area contributed by atoms with Gasteiger partial charge in [-0.15, -0.1) is 0 Å². The van der Waals surface area contributed by atoms with Crippen LogP contribution in [0, 0.1) is 0 Å². The van der Waals surface area contributed by atoms with E-state index in [1.54, 1.807) is 48.8 Å². The fourth-order valence-corrected chi connectivity index (χ4v) is 2.63. The Morgan fingerprint density at radius 1 is 1.25 bits per heavy atom. The fourth-order valence-electron chi connectivity index (χ4n) is 1.87. The van der Waals surface area contributed by atoms with E-state index in [-0.39, 0.29) is 0 Å². The van der Waals surface area contributed by atoms with Gasteiger partial charge in [-0.1, -0.05) is 18.2 Å². The number of methoxy groups -OCH3 is 1. The standard InChI is InChI=1S/C14H13NO4S/c1-19-14(16)11-6-4-10(5-7-11)13(20(17)18)12-3-2-8-15-9-12/h2-9,13H,1H3,(H,17,18). The number of ether oxygens (including phenoxy) is 1. The lowest BCUT2D eigenvalue weighted by atomic mass is 10.0. The molecule has 1 N–H and O–H groups in total. The zero-order valence-electron chi connectivity index (χ0n) is 10.7. The third-order valence-corrected chi connectivity index (χ3v) is 3.77. The normalized spacial score (nSPS) is 13.5. The summed E-state index contributed by atoms with van der Waals surface area (Å²) in [7, 11) is 1.30. The third kappa shape index (κ3) is 3.09. The molecule has 0 aliphatic rings. The second-order valence-electron chi connectivity index (χ2n) is 4.06. The topological polar surface area (TPSA) is 76.5 Å². The Labute approximate surface area is 118 Å². The number of nitrogens with zero attached hydrogens (tertiary/aromatic N) is 1. The zero-order chi connectivity index (χ0) is 14.5. The Kier molecular flexibility index (Phi) is 4.60. The molecular formula is C14H13NO4S. The van der Waals surface area contributed by atoms with Gasteiger partial charge in [0.15, 0.2) is 11.1 Å². The molecule has 20 heavy (non-hydrogen) atoms. The summed E-state index contributed by atoms with van der Waals surface area (Å²) in [6, 6.07) is 9.85. The highest BCUT2D eigenvalue weighted by atomic mass is 32.2. The summed E-state index contributed by atoms with van der Waals surface area (Å²) >= 11 is -2.08. The van der Waals surface area contributed by atoms with E-state index in [1.807, 2.05) is 0 Å². The number of benzene rings is 1. The fraction of sp³-hybridized carbons (Fsp3) is 0.143. The highest BCUT2D eigenvalue weighted by Gasteiger charge is 2.20. The van der Waals surface area contributed by atoms with Crippen molar-refractivity contribution in [2.45, 2.75) is 5.25 Å². The molecule has 5 nitrogen and oxygen atoms in total. The minimum atomic E-state index is -2.08. The second kappa shape index (κ2) is 6.40. The van der Waals surface area contributed by atoms with Crippen LogP contribution in [0.3, 0.4) is 0 Å². The first kappa shape index (κ1) is 14.4. The van der Waals surface area contributed by atoms with Gasteiger partial charge in [-0.3, -0.25) is 4.98 Å². The van der Waals surface area contributed by atoms with Crippen LogP contribution < -0.4 is 0 Å². The molecule has 0 aliphatic carbocycles. The number of hydrogen-bond donors (Lipinski definition) is 1. The SMILES string of the molecule is COC(=O)c1ccc(C(c2cccnc2)S(=O)O)cc1. The molecule has 0 spiro atoms. The Morgan fingerprint density at radius 2 is 1.95 bits per heavy atom. The molecule has 1 heterocycles. The molecule has 2 rings (SSSR count). The molecule has 0 saturated carbocycles. The predicted molar refractivity (Wildman–Crippen MR) is 74.6 cm³/mol. The van der Waals surface area contributed by atoms with Crippen molar-refractivity contribution in [3.63, 3.8) is 0 Å². The van der Waals surface area contributed by atoms with Crippen molar-refractivity contribution >= 4 is 17.0 Å². The first-order chi connectivity index (χ1) is 9.63. The monoisotopic (exact) mass is 291 g/mol. The summed E-state index contributed by atoms with van der Waals surface area (Å²) in [6.45, 7) is 0. The average molecular weight is 291 g/mol. The van der Waals surface area contributed by atoms with Crippen molar-refractivity contribution in [1.29, 1.82) is 0 Å². The lowest BCUT2D eigenvalue weighted by Crippen LogP contribution is -2.08. The molecule has 0 bridgehead atoms. The molecule has 2 aromatic rings. The minimum absolute atomic E-state index is 0.393. The van der Waals surface area contributed by atoms with Crippen LogP contribution >= 0.6 is 0 Å². The summed E-state index contributed by atoms with van der Waals surface area (Å²) < 4.78 is 25.7. The first-order valence-corrected chi connectivity index (χ1v) is 6.98. The molecule has 104 valence electrons. The molecule has 0 amide bonds. The van der Waals surface area contributed by atoms with Gasteiger partial charge in [-0.2, -0.15) is 0 Å². The average Bonchev–Trinajstić information content (AvgIpc) is 2.48. The Hall–Kier alpha value is -2.05. The Balaban J connectivity index is 2.36. The Bertz CT molecular complexity index is 613. The smallest absolute Gasteiger partial charge is 0.337 e. The molecule has 1 aromatic carbocycles. The van der Waals surface area contributed by atoms with Gasteiger partial charge in [0.1, 0.15) is 5.25 Å². The first-order valence-electron chi connectivity index (χ1n) is 5.81. The van der Waals surface area contributed by atoms with E-state index in [9.17, 15) is 13.6 Å². The van der Waals surface area contributed by atoms with Crippen LogP contribution in [0.1, 0.15) is 26.7 Å². The predicted octanol–water partition coefficient (Wildman–Crippen LogP) is 2.18. The van der Waals surface area contributed by atoms with Gasteiger partial charge in [-0.25, -0.2) is 9.00 Å². The van der Waals surface area contributed by atoms with Crippen molar-refractivity contribution in [3.8, 4) is 0 Å². The summed E-state index contributed by atoms with van der Waals surface area (Å²) in [6.07, 6.45) is 3.15. The number of carbonyl (C=O) groups is 1. The van der Waals surface area contributed by atoms with Crippen molar-refractivity contribution < 1.29 is 18.3 Å². The van der Waals surface area contributed by atoms with E-state index in [4.69, 9.17) is 0 Å². The summed E-state index contributed by atoms with van der Waals surface area (Å²) in [5.41, 5.74) is 1.66. The van der Waals surface area contributed by atoms with Gasteiger partial charge < -0.3 is 9.29 Å². The van der Waals surface area contributed by atoms with E-state index in [1.165, 1.54) is 7.11 Å². The molecular weight excluding hydrogens is 278 g/mol. The summed E-state index contributed by atoms with van der Waals surface area (Å²) in [4.78, 5) is 15.3. The number of rotatable bonds is 4. The highest BCUT2D eigenvalue weighted by molar-refractivity contribution is 7.79. The summed E-state index contributed by atoms with van der Waals surface area (Å²) in [5, 5.41) is -0.699. The number of pyridine rings is 1. The maximum absolute atomic E-state index is 11.6. The zero-order valence-corrected chi connectivity index (χ0v) is 11.5. The molecule has 1 aromatic heterocycles. The second-order valence-corrected chi connectivity index (χ2v) is 5.08. The molecule has 0 fully saturated rings. The van der Waals surface area contributed by atoms with Gasteiger partial charge in [-0.05, 0) is 29.3 Å². The molecule has 2 atom stereocenters. The Morgan fingerprint density at radius 3 is 2.45 bits per heavy atom. The van der Waals surface area contributed by atoms with E-state index in [0.717, 1.165) is 0 Å². The van der Waals surface area contributed by atoms with Crippen LogP contribution in [-0.4, -0.2) is 26.8 Å². The van der Waals surface area contributed by atoms with Crippen molar-refractivity contribution in [3.05, 3.63) is 65.5 Å². The molecule has 2 unspecified atom stereocenters. The highest BCUT2D eigenvalue weighted by Crippen LogP contribution is 2.27. The van der Waals surface area contributed by atoms with Crippen LogP contribution in [-0.2, 0) is 15.8 Å². The van der Waals surface area contributed by atoms with Crippen molar-refractivity contribution in [1.82, 2.24) is 4.98 Å². The van der Waals surface area contributed by atoms with Crippen molar-refractivity contribution in [2.75, 3.05) is 7.11 Å². The molecule has 0 aliphatic heterocycles. The lowest BCUT2D eigenvalue weighted by Gasteiger charge is -2.13. The van der Waals surface area contributed by atoms with Gasteiger partial charge in [0.25, 0.3) is 0 Å². The maximum atomic E-state index is 11.6. The van der Waals surface area contributed by atoms with Gasteiger partial charge >= 0.3 is 5.97 Å². The van der Waals surface area contributed by atoms with Gasteiger partial charge in [0, 0.05) is 12.4 Å². The van der Waals surface area contributed by atoms with Crippen LogP contribution in [0.2, 0.25) is 0 Å². The number of esters is 1. The molecule has 6 heteroatoms. The van der Waals surface area contributed by atoms with Crippen LogP contribution in [0.4, 0.5) is 0 Å². The number of carbonyl (C=O) groups excluding carboxylic acids is 1. The van der Waals surface area contributed by atoms with E-state index >= 15 is 0 Å². The largest absolute Gasteiger partial charge is 0.465 e. The van der Waals surface area contributed by atoms with Crippen LogP contribution in [0.25, 0.3) is 0 Å². The van der Waals surface area contributed by atoms with Gasteiger partial charge in [0.05, 0.1) is 12.7 Å².